The van der Waals surface area contributed by atoms with Crippen LogP contribution in [0.5, 0.6) is 5.75 Å². The maximum Gasteiger partial charge on any atom is 0.237 e. The second-order valence-corrected chi connectivity index (χ2v) is 8.73. The van der Waals surface area contributed by atoms with E-state index in [1.807, 2.05) is 92.7 Å². The van der Waals surface area contributed by atoms with E-state index in [9.17, 15) is 9.90 Å². The lowest BCUT2D eigenvalue weighted by atomic mass is 9.86. The molecule has 0 fully saturated rings. The van der Waals surface area contributed by atoms with E-state index < -0.39 is 17.6 Å². The maximum atomic E-state index is 13.7. The highest BCUT2D eigenvalue weighted by Crippen LogP contribution is 2.47. The number of benzene rings is 3. The van der Waals surface area contributed by atoms with Crippen LogP contribution in [0.25, 0.3) is 0 Å². The van der Waals surface area contributed by atoms with E-state index in [2.05, 4.69) is 5.32 Å². The van der Waals surface area contributed by atoms with E-state index >= 15 is 0 Å². The number of aliphatic hydroxyl groups excluding tert-OH is 1. The normalized spacial score (nSPS) is 16.5. The summed E-state index contributed by atoms with van der Waals surface area (Å²) in [6.07, 6.45) is -0.762. The lowest BCUT2D eigenvalue weighted by molar-refractivity contribution is -0.123. The number of aliphatic hydroxyl groups is 1. The molecule has 32 heavy (non-hydrogen) atoms. The van der Waals surface area contributed by atoms with Gasteiger partial charge in [0.25, 0.3) is 0 Å². The van der Waals surface area contributed by atoms with E-state index in [1.165, 1.54) is 0 Å². The summed E-state index contributed by atoms with van der Waals surface area (Å²) in [6, 6.07) is 25.0. The van der Waals surface area contributed by atoms with Crippen LogP contribution >= 0.6 is 0 Å². The molecule has 1 aliphatic heterocycles. The zero-order chi connectivity index (χ0) is 22.7. The van der Waals surface area contributed by atoms with Crippen LogP contribution < -0.4 is 15.0 Å². The van der Waals surface area contributed by atoms with Crippen LogP contribution in [0.2, 0.25) is 0 Å². The largest absolute Gasteiger partial charge is 0.489 e. The number of likely N-dealkylation sites (N-methyl/N-ethyl adjacent to an activating group) is 1. The van der Waals surface area contributed by atoms with Gasteiger partial charge in [-0.25, -0.2) is 0 Å². The van der Waals surface area contributed by atoms with Crippen LogP contribution in [0.3, 0.4) is 0 Å². The Morgan fingerprint density at radius 3 is 2.31 bits per heavy atom. The Morgan fingerprint density at radius 2 is 1.66 bits per heavy atom. The highest BCUT2D eigenvalue weighted by molar-refractivity contribution is 6.08. The van der Waals surface area contributed by atoms with Crippen molar-refractivity contribution in [3.8, 4) is 5.75 Å². The zero-order valence-electron chi connectivity index (χ0n) is 18.8. The van der Waals surface area contributed by atoms with Crippen molar-refractivity contribution in [1.29, 1.82) is 0 Å². The van der Waals surface area contributed by atoms with Crippen molar-refractivity contribution in [2.75, 3.05) is 18.5 Å². The first-order valence-corrected chi connectivity index (χ1v) is 11.0. The minimum atomic E-state index is -0.762. The number of rotatable bonds is 8. The van der Waals surface area contributed by atoms with Gasteiger partial charge in [-0.2, -0.15) is 0 Å². The Labute approximate surface area is 189 Å². The molecule has 3 aromatic carbocycles. The van der Waals surface area contributed by atoms with Crippen molar-refractivity contribution in [3.05, 3.63) is 95.6 Å². The Morgan fingerprint density at radius 1 is 1.00 bits per heavy atom. The van der Waals surface area contributed by atoms with E-state index in [1.54, 1.807) is 11.9 Å². The van der Waals surface area contributed by atoms with Gasteiger partial charge in [0.2, 0.25) is 5.91 Å². The Kier molecular flexibility index (Phi) is 6.31. The molecule has 0 unspecified atom stereocenters. The summed E-state index contributed by atoms with van der Waals surface area (Å²) >= 11 is 0. The summed E-state index contributed by atoms with van der Waals surface area (Å²) in [4.78, 5) is 15.4. The van der Waals surface area contributed by atoms with Crippen LogP contribution in [-0.2, 0) is 16.8 Å². The molecule has 5 nitrogen and oxygen atoms in total. The number of nitrogens with one attached hydrogen (secondary N) is 1. The van der Waals surface area contributed by atoms with Gasteiger partial charge in [0, 0.05) is 12.2 Å². The Balaban J connectivity index is 1.70. The van der Waals surface area contributed by atoms with Gasteiger partial charge in [-0.05, 0) is 55.8 Å². The number of carbonyl (C=O) groups excluding carboxylic acids is 1. The van der Waals surface area contributed by atoms with Crippen molar-refractivity contribution < 1.29 is 14.6 Å². The molecule has 0 spiro atoms. The molecule has 3 aromatic rings. The number of hydrogen-bond donors (Lipinski definition) is 2. The van der Waals surface area contributed by atoms with E-state index in [0.717, 1.165) is 28.1 Å². The topological polar surface area (TPSA) is 61.8 Å². The summed E-state index contributed by atoms with van der Waals surface area (Å²) in [7, 11) is 1.80. The number of hydrogen-bond acceptors (Lipinski definition) is 4. The Bertz CT molecular complexity index is 1070. The summed E-state index contributed by atoms with van der Waals surface area (Å²) in [5, 5.41) is 14.1. The third kappa shape index (κ3) is 4.14. The fourth-order valence-electron chi connectivity index (χ4n) is 4.37. The van der Waals surface area contributed by atoms with Crippen LogP contribution in [0.4, 0.5) is 5.69 Å². The first kappa shape index (κ1) is 22.1. The lowest BCUT2D eigenvalue weighted by Crippen LogP contribution is -2.45. The molecular weight excluding hydrogens is 400 g/mol. The number of ether oxygens (including phenoxy) is 1. The summed E-state index contributed by atoms with van der Waals surface area (Å²) in [5.41, 5.74) is 2.98. The van der Waals surface area contributed by atoms with E-state index in [0.29, 0.717) is 13.2 Å². The van der Waals surface area contributed by atoms with Crippen molar-refractivity contribution in [1.82, 2.24) is 5.32 Å². The quantitative estimate of drug-likeness (QED) is 0.562. The van der Waals surface area contributed by atoms with Gasteiger partial charge in [-0.1, -0.05) is 60.7 Å². The number of fused-ring (bicyclic) bond motifs is 1. The van der Waals surface area contributed by atoms with Gasteiger partial charge in [-0.15, -0.1) is 0 Å². The van der Waals surface area contributed by atoms with Crippen molar-refractivity contribution in [3.63, 3.8) is 0 Å². The molecule has 0 saturated heterocycles. The molecule has 5 heteroatoms. The molecule has 2 atom stereocenters. The van der Waals surface area contributed by atoms with Crippen molar-refractivity contribution >= 4 is 11.6 Å². The standard InChI is InChI=1S/C27H30N2O3/c1-27(2)22-16-21(32-18-19-10-6-4-7-11-19)14-15-23(22)29(26(27)31)25(24(30)17-28-3)20-12-8-5-9-13-20/h4-16,24-25,28,30H,17-18H2,1-3H3/t24-,25+/m1/s1. The molecule has 1 amide bonds. The number of nitrogens with zero attached hydrogens (tertiary/aromatic N) is 1. The van der Waals surface area contributed by atoms with Gasteiger partial charge in [0.15, 0.2) is 0 Å². The average Bonchev–Trinajstić information content (AvgIpc) is 3.00. The molecule has 0 saturated carbocycles. The summed E-state index contributed by atoms with van der Waals surface area (Å²) in [6.45, 7) is 4.70. The molecule has 0 aliphatic carbocycles. The first-order chi connectivity index (χ1) is 15.4. The van der Waals surface area contributed by atoms with Crippen molar-refractivity contribution in [2.45, 2.75) is 38.0 Å². The van der Waals surface area contributed by atoms with Crippen molar-refractivity contribution in [2.24, 2.45) is 0 Å². The third-order valence-corrected chi connectivity index (χ3v) is 6.10. The fourth-order valence-corrected chi connectivity index (χ4v) is 4.37. The van der Waals surface area contributed by atoms with E-state index in [4.69, 9.17) is 4.74 Å². The molecule has 2 N–H and O–H groups in total. The number of carbonyl (C=O) groups is 1. The molecule has 0 aromatic heterocycles. The maximum absolute atomic E-state index is 13.7. The zero-order valence-corrected chi connectivity index (χ0v) is 18.8. The summed E-state index contributed by atoms with van der Waals surface area (Å²) < 4.78 is 6.02. The minimum Gasteiger partial charge on any atom is -0.489 e. The second-order valence-electron chi connectivity index (χ2n) is 8.73. The smallest absolute Gasteiger partial charge is 0.237 e. The predicted molar refractivity (Wildman–Crippen MR) is 127 cm³/mol. The highest BCUT2D eigenvalue weighted by Gasteiger charge is 2.48. The van der Waals surface area contributed by atoms with Crippen LogP contribution in [0.15, 0.2) is 78.9 Å². The second kappa shape index (κ2) is 9.15. The monoisotopic (exact) mass is 430 g/mol. The molecule has 4 rings (SSSR count). The highest BCUT2D eigenvalue weighted by atomic mass is 16.5. The molecule has 1 heterocycles. The fraction of sp³-hybridized carbons (Fsp3) is 0.296. The molecule has 0 bridgehead atoms. The van der Waals surface area contributed by atoms with Gasteiger partial charge in [0.1, 0.15) is 12.4 Å². The summed E-state index contributed by atoms with van der Waals surface area (Å²) in [5.74, 6) is 0.694. The van der Waals surface area contributed by atoms with Crippen LogP contribution in [-0.4, -0.2) is 30.7 Å². The molecule has 0 radical (unpaired) electrons. The first-order valence-electron chi connectivity index (χ1n) is 11.0. The third-order valence-electron chi connectivity index (χ3n) is 6.10. The average molecular weight is 431 g/mol. The van der Waals surface area contributed by atoms with Gasteiger partial charge >= 0.3 is 0 Å². The molecule has 1 aliphatic rings. The van der Waals surface area contributed by atoms with Crippen LogP contribution in [0, 0.1) is 0 Å². The minimum absolute atomic E-state index is 0.0308. The SMILES string of the molecule is CNC[C@@H](O)[C@H](c1ccccc1)N1C(=O)C(C)(C)c2cc(OCc3ccccc3)ccc21. The lowest BCUT2D eigenvalue weighted by Gasteiger charge is -2.33. The number of anilines is 1. The molecule has 166 valence electrons. The number of amides is 1. The molecular formula is C27H30N2O3. The van der Waals surface area contributed by atoms with Gasteiger partial charge in [-0.3, -0.25) is 4.79 Å². The predicted octanol–water partition coefficient (Wildman–Crippen LogP) is 4.21. The van der Waals surface area contributed by atoms with Crippen LogP contribution in [0.1, 0.15) is 36.6 Å². The van der Waals surface area contributed by atoms with Gasteiger partial charge < -0.3 is 20.1 Å². The van der Waals surface area contributed by atoms with Gasteiger partial charge in [0.05, 0.1) is 17.6 Å². The Hall–Kier alpha value is -3.15. The van der Waals surface area contributed by atoms with E-state index in [-0.39, 0.29) is 5.91 Å².